The third-order valence-corrected chi connectivity index (χ3v) is 5.34. The van der Waals surface area contributed by atoms with E-state index in [9.17, 15) is 14.9 Å². The molecule has 1 unspecified atom stereocenters. The average molecular weight is 405 g/mol. The van der Waals surface area contributed by atoms with Crippen molar-refractivity contribution in [3.63, 3.8) is 0 Å². The number of benzene rings is 2. The molecule has 0 aliphatic carbocycles. The fourth-order valence-corrected chi connectivity index (χ4v) is 3.97. The highest BCUT2D eigenvalue weighted by molar-refractivity contribution is 5.78. The highest BCUT2D eigenvalue weighted by Crippen LogP contribution is 2.36. The molecule has 0 saturated carbocycles. The molecule has 0 N–H and O–H groups in total. The van der Waals surface area contributed by atoms with Gasteiger partial charge >= 0.3 is 0 Å². The normalized spacial score (nSPS) is 16.0. The lowest BCUT2D eigenvalue weighted by Gasteiger charge is -2.30. The van der Waals surface area contributed by atoms with Gasteiger partial charge in [0.25, 0.3) is 5.69 Å². The van der Waals surface area contributed by atoms with Gasteiger partial charge in [-0.3, -0.25) is 14.9 Å². The molecule has 1 aliphatic rings. The third kappa shape index (κ3) is 4.11. The van der Waals surface area contributed by atoms with E-state index in [0.717, 1.165) is 24.2 Å². The second-order valence-corrected chi connectivity index (χ2v) is 7.26. The van der Waals surface area contributed by atoms with E-state index in [1.165, 1.54) is 6.07 Å². The molecule has 1 aromatic heterocycles. The van der Waals surface area contributed by atoms with Crippen molar-refractivity contribution in [1.82, 2.24) is 9.47 Å². The number of rotatable bonds is 6. The van der Waals surface area contributed by atoms with Gasteiger partial charge in [0, 0.05) is 31.0 Å². The molecule has 0 spiro atoms. The summed E-state index contributed by atoms with van der Waals surface area (Å²) in [7, 11) is 0. The summed E-state index contributed by atoms with van der Waals surface area (Å²) in [5, 5.41) is 11.7. The molecule has 1 aliphatic heterocycles. The minimum Gasteiger partial charge on any atom is -0.367 e. The van der Waals surface area contributed by atoms with Crippen LogP contribution in [0.15, 0.2) is 72.9 Å². The fourth-order valence-electron chi connectivity index (χ4n) is 3.97. The molecule has 0 radical (unpaired) electrons. The van der Waals surface area contributed by atoms with Crippen LogP contribution in [0.25, 0.3) is 0 Å². The SMILES string of the molecule is O=C(COCc1ccccc1)N1CCCn2cccc2C1c1ccccc1[N+](=O)[O-]. The Morgan fingerprint density at radius 2 is 1.80 bits per heavy atom. The van der Waals surface area contributed by atoms with Gasteiger partial charge in [0.05, 0.1) is 17.1 Å². The maximum absolute atomic E-state index is 13.2. The maximum Gasteiger partial charge on any atom is 0.275 e. The Hall–Kier alpha value is -3.45. The lowest BCUT2D eigenvalue weighted by atomic mass is 10.00. The molecule has 7 heteroatoms. The number of para-hydroxylation sites is 1. The lowest BCUT2D eigenvalue weighted by molar-refractivity contribution is -0.385. The summed E-state index contributed by atoms with van der Waals surface area (Å²) >= 11 is 0. The quantitative estimate of drug-likeness (QED) is 0.460. The Labute approximate surface area is 174 Å². The van der Waals surface area contributed by atoms with Crippen LogP contribution < -0.4 is 0 Å². The summed E-state index contributed by atoms with van der Waals surface area (Å²) in [5.41, 5.74) is 2.39. The van der Waals surface area contributed by atoms with Crippen LogP contribution in [0.3, 0.4) is 0 Å². The Morgan fingerprint density at radius 1 is 1.03 bits per heavy atom. The van der Waals surface area contributed by atoms with Crippen LogP contribution in [0, 0.1) is 10.1 Å². The number of nitro benzene ring substituents is 1. The molecule has 154 valence electrons. The van der Waals surface area contributed by atoms with Crippen LogP contribution >= 0.6 is 0 Å². The Bertz CT molecular complexity index is 1030. The molecule has 1 amide bonds. The van der Waals surface area contributed by atoms with Crippen LogP contribution in [-0.2, 0) is 22.7 Å². The molecular formula is C23H23N3O4. The summed E-state index contributed by atoms with van der Waals surface area (Å²) < 4.78 is 7.74. The first-order valence-electron chi connectivity index (χ1n) is 9.94. The van der Waals surface area contributed by atoms with E-state index >= 15 is 0 Å². The average Bonchev–Trinajstić information content (AvgIpc) is 3.14. The number of nitro groups is 1. The van der Waals surface area contributed by atoms with Gasteiger partial charge < -0.3 is 14.2 Å². The van der Waals surface area contributed by atoms with Crippen LogP contribution in [0.5, 0.6) is 0 Å². The van der Waals surface area contributed by atoms with Gasteiger partial charge in [0.2, 0.25) is 5.91 Å². The molecule has 30 heavy (non-hydrogen) atoms. The second-order valence-electron chi connectivity index (χ2n) is 7.26. The summed E-state index contributed by atoms with van der Waals surface area (Å²) in [6.07, 6.45) is 2.72. The highest BCUT2D eigenvalue weighted by atomic mass is 16.6. The minimum atomic E-state index is -0.531. The van der Waals surface area contributed by atoms with Crippen molar-refractivity contribution in [2.24, 2.45) is 0 Å². The summed E-state index contributed by atoms with van der Waals surface area (Å²) in [5.74, 6) is -0.177. The van der Waals surface area contributed by atoms with Crippen molar-refractivity contribution < 1.29 is 14.5 Å². The number of hydrogen-bond acceptors (Lipinski definition) is 4. The number of hydrogen-bond donors (Lipinski definition) is 0. The first-order chi connectivity index (χ1) is 14.6. The molecule has 2 aromatic carbocycles. The molecule has 3 aromatic rings. The Morgan fingerprint density at radius 3 is 2.60 bits per heavy atom. The Balaban J connectivity index is 1.62. The predicted molar refractivity (Wildman–Crippen MR) is 112 cm³/mol. The van der Waals surface area contributed by atoms with Gasteiger partial charge in [-0.2, -0.15) is 0 Å². The van der Waals surface area contributed by atoms with Crippen LogP contribution in [0.4, 0.5) is 5.69 Å². The number of carbonyl (C=O) groups excluding carboxylic acids is 1. The fraction of sp³-hybridized carbons (Fsp3) is 0.261. The van der Waals surface area contributed by atoms with Crippen molar-refractivity contribution >= 4 is 11.6 Å². The monoisotopic (exact) mass is 405 g/mol. The van der Waals surface area contributed by atoms with E-state index in [1.807, 2.05) is 48.7 Å². The molecule has 7 nitrogen and oxygen atoms in total. The van der Waals surface area contributed by atoms with Crippen molar-refractivity contribution in [2.45, 2.75) is 25.6 Å². The van der Waals surface area contributed by atoms with E-state index in [4.69, 9.17) is 4.74 Å². The number of ether oxygens (including phenoxy) is 1. The third-order valence-electron chi connectivity index (χ3n) is 5.34. The number of fused-ring (bicyclic) bond motifs is 1. The number of amides is 1. The summed E-state index contributed by atoms with van der Waals surface area (Å²) in [4.78, 5) is 26.2. The summed E-state index contributed by atoms with van der Waals surface area (Å²) in [6.45, 7) is 1.53. The zero-order valence-corrected chi connectivity index (χ0v) is 16.5. The number of nitrogens with zero attached hydrogens (tertiary/aromatic N) is 3. The molecule has 4 rings (SSSR count). The van der Waals surface area contributed by atoms with Gasteiger partial charge in [-0.25, -0.2) is 0 Å². The molecule has 0 bridgehead atoms. The zero-order chi connectivity index (χ0) is 20.9. The van der Waals surface area contributed by atoms with Crippen molar-refractivity contribution in [1.29, 1.82) is 0 Å². The standard InChI is InChI=1S/C23H23N3O4/c27-22(17-30-16-18-8-2-1-3-9-18)25-15-7-14-24-13-6-12-21(24)23(25)19-10-4-5-11-20(19)26(28)29/h1-6,8-13,23H,7,14-17H2. The topological polar surface area (TPSA) is 77.6 Å². The largest absolute Gasteiger partial charge is 0.367 e. The van der Waals surface area contributed by atoms with E-state index in [0.29, 0.717) is 18.7 Å². The minimum absolute atomic E-state index is 0.0140. The van der Waals surface area contributed by atoms with Gasteiger partial charge in [0.1, 0.15) is 12.6 Å². The number of aryl methyl sites for hydroxylation is 1. The highest BCUT2D eigenvalue weighted by Gasteiger charge is 2.34. The van der Waals surface area contributed by atoms with Crippen molar-refractivity contribution in [3.05, 3.63) is 99.9 Å². The zero-order valence-electron chi connectivity index (χ0n) is 16.5. The van der Waals surface area contributed by atoms with Crippen molar-refractivity contribution in [2.75, 3.05) is 13.2 Å². The summed E-state index contributed by atoms with van der Waals surface area (Å²) in [6, 6.07) is 19.6. The van der Waals surface area contributed by atoms with E-state index in [2.05, 4.69) is 4.57 Å². The predicted octanol–water partition coefficient (Wildman–Crippen LogP) is 3.93. The smallest absolute Gasteiger partial charge is 0.275 e. The van der Waals surface area contributed by atoms with Crippen LogP contribution in [0.1, 0.15) is 29.3 Å². The molecule has 1 atom stereocenters. The van der Waals surface area contributed by atoms with E-state index in [1.54, 1.807) is 23.1 Å². The van der Waals surface area contributed by atoms with Crippen LogP contribution in [-0.4, -0.2) is 33.4 Å². The van der Waals surface area contributed by atoms with Gasteiger partial charge in [-0.05, 0) is 30.2 Å². The first kappa shape index (κ1) is 19.8. The van der Waals surface area contributed by atoms with Crippen LogP contribution in [0.2, 0.25) is 0 Å². The van der Waals surface area contributed by atoms with Gasteiger partial charge in [-0.1, -0.05) is 42.5 Å². The van der Waals surface area contributed by atoms with Gasteiger partial charge in [-0.15, -0.1) is 0 Å². The second kappa shape index (κ2) is 8.92. The number of carbonyl (C=O) groups is 1. The molecule has 0 fully saturated rings. The molecule has 2 heterocycles. The number of aromatic nitrogens is 1. The lowest BCUT2D eigenvalue weighted by Crippen LogP contribution is -2.38. The molecular weight excluding hydrogens is 382 g/mol. The molecule has 0 saturated heterocycles. The van der Waals surface area contributed by atoms with E-state index < -0.39 is 6.04 Å². The van der Waals surface area contributed by atoms with Gasteiger partial charge in [0.15, 0.2) is 0 Å². The Kier molecular flexibility index (Phi) is 5.90. The maximum atomic E-state index is 13.2. The van der Waals surface area contributed by atoms with E-state index in [-0.39, 0.29) is 23.1 Å². The first-order valence-corrected chi connectivity index (χ1v) is 9.94. The van der Waals surface area contributed by atoms with Crippen molar-refractivity contribution in [3.8, 4) is 0 Å².